The Hall–Kier alpha value is -1.48. The summed E-state index contributed by atoms with van der Waals surface area (Å²) in [6, 6.07) is 3.53. The Bertz CT molecular complexity index is 261. The maximum absolute atomic E-state index is 8.44. The largest absolute Gasteiger partial charge is 0.499 e. The van der Waals surface area contributed by atoms with Crippen molar-refractivity contribution in [3.8, 4) is 12.1 Å². The second-order valence-corrected chi connectivity index (χ2v) is 3.59. The van der Waals surface area contributed by atoms with E-state index >= 15 is 0 Å². The molecule has 0 radical (unpaired) electrons. The van der Waals surface area contributed by atoms with Gasteiger partial charge in [0.1, 0.15) is 18.4 Å². The first-order valence-corrected chi connectivity index (χ1v) is 4.99. The van der Waals surface area contributed by atoms with Gasteiger partial charge < -0.3 is 4.74 Å². The van der Waals surface area contributed by atoms with E-state index in [1.165, 1.54) is 38.4 Å². The summed E-state index contributed by atoms with van der Waals surface area (Å²) in [6.45, 7) is 0.646. The number of hydrogen-bond acceptors (Lipinski definition) is 3. The molecular weight excluding hydrogens is 176 g/mol. The summed E-state index contributed by atoms with van der Waals surface area (Å²) < 4.78 is 5.21. The molecular formula is C11H14N2O. The van der Waals surface area contributed by atoms with Gasteiger partial charge in [0.05, 0.1) is 6.61 Å². The molecule has 0 atom stereocenters. The Balaban J connectivity index is 2.24. The fraction of sp³-hybridized carbons (Fsp3) is 0.636. The van der Waals surface area contributed by atoms with Crippen LogP contribution < -0.4 is 0 Å². The molecule has 3 heteroatoms. The second-order valence-electron chi connectivity index (χ2n) is 3.59. The molecule has 1 aliphatic rings. The van der Waals surface area contributed by atoms with Crippen LogP contribution in [0, 0.1) is 28.6 Å². The first-order valence-electron chi connectivity index (χ1n) is 4.99. The SMILES string of the molecule is N#CC(C#N)=COCC1CCCCC1. The summed E-state index contributed by atoms with van der Waals surface area (Å²) >= 11 is 0. The lowest BCUT2D eigenvalue weighted by Crippen LogP contribution is -2.11. The van der Waals surface area contributed by atoms with Gasteiger partial charge in [0.25, 0.3) is 0 Å². The number of nitriles is 2. The number of ether oxygens (including phenoxy) is 1. The minimum Gasteiger partial charge on any atom is -0.499 e. The molecule has 0 aromatic carbocycles. The molecule has 1 fully saturated rings. The zero-order valence-electron chi connectivity index (χ0n) is 8.20. The molecule has 0 N–H and O–H groups in total. The summed E-state index contributed by atoms with van der Waals surface area (Å²) in [7, 11) is 0. The fourth-order valence-corrected chi connectivity index (χ4v) is 1.70. The van der Waals surface area contributed by atoms with Crippen LogP contribution in [0.2, 0.25) is 0 Å². The van der Waals surface area contributed by atoms with Gasteiger partial charge in [-0.25, -0.2) is 0 Å². The van der Waals surface area contributed by atoms with Gasteiger partial charge in [-0.2, -0.15) is 10.5 Å². The summed E-state index contributed by atoms with van der Waals surface area (Å²) in [4.78, 5) is 0. The minimum absolute atomic E-state index is 0.0424. The van der Waals surface area contributed by atoms with Crippen LogP contribution in [0.1, 0.15) is 32.1 Å². The third kappa shape index (κ3) is 3.49. The second kappa shape index (κ2) is 6.05. The smallest absolute Gasteiger partial charge is 0.163 e. The molecule has 0 bridgehead atoms. The van der Waals surface area contributed by atoms with Crippen molar-refractivity contribution in [2.75, 3.05) is 6.61 Å². The van der Waals surface area contributed by atoms with Crippen molar-refractivity contribution in [2.24, 2.45) is 5.92 Å². The summed E-state index contributed by atoms with van der Waals surface area (Å²) in [5.74, 6) is 0.610. The number of allylic oxidation sites excluding steroid dienone is 1. The number of rotatable bonds is 3. The van der Waals surface area contributed by atoms with Gasteiger partial charge in [-0.15, -0.1) is 0 Å². The Morgan fingerprint density at radius 2 is 1.86 bits per heavy atom. The molecule has 0 saturated heterocycles. The molecule has 0 aliphatic heterocycles. The summed E-state index contributed by atoms with van der Waals surface area (Å²) in [6.07, 6.45) is 7.58. The predicted octanol–water partition coefficient (Wildman–Crippen LogP) is 2.51. The highest BCUT2D eigenvalue weighted by molar-refractivity contribution is 5.33. The van der Waals surface area contributed by atoms with E-state index < -0.39 is 0 Å². The van der Waals surface area contributed by atoms with Gasteiger partial charge in [0, 0.05) is 0 Å². The van der Waals surface area contributed by atoms with Crippen LogP contribution in [0.5, 0.6) is 0 Å². The van der Waals surface area contributed by atoms with Crippen LogP contribution >= 0.6 is 0 Å². The quantitative estimate of drug-likeness (QED) is 0.507. The minimum atomic E-state index is 0.0424. The average molecular weight is 190 g/mol. The Labute approximate surface area is 84.6 Å². The van der Waals surface area contributed by atoms with Crippen LogP contribution in [-0.4, -0.2) is 6.61 Å². The topological polar surface area (TPSA) is 56.8 Å². The van der Waals surface area contributed by atoms with Gasteiger partial charge in [0.2, 0.25) is 0 Å². The van der Waals surface area contributed by atoms with Crippen LogP contribution in [0.3, 0.4) is 0 Å². The Kier molecular flexibility index (Phi) is 4.58. The lowest BCUT2D eigenvalue weighted by molar-refractivity contribution is 0.165. The van der Waals surface area contributed by atoms with E-state index in [9.17, 15) is 0 Å². The van der Waals surface area contributed by atoms with E-state index in [0.29, 0.717) is 12.5 Å². The molecule has 0 amide bonds. The van der Waals surface area contributed by atoms with Crippen molar-refractivity contribution in [2.45, 2.75) is 32.1 Å². The molecule has 1 saturated carbocycles. The standard InChI is InChI=1S/C11H14N2O/c12-6-11(7-13)9-14-8-10-4-2-1-3-5-10/h9-10H,1-5,8H2. The van der Waals surface area contributed by atoms with Crippen molar-refractivity contribution in [3.05, 3.63) is 11.8 Å². The van der Waals surface area contributed by atoms with E-state index in [2.05, 4.69) is 0 Å². The van der Waals surface area contributed by atoms with Crippen molar-refractivity contribution >= 4 is 0 Å². The molecule has 3 nitrogen and oxygen atoms in total. The molecule has 1 aliphatic carbocycles. The first-order chi connectivity index (χ1) is 6.86. The molecule has 0 heterocycles. The van der Waals surface area contributed by atoms with E-state index in [4.69, 9.17) is 15.3 Å². The van der Waals surface area contributed by atoms with Gasteiger partial charge in [-0.05, 0) is 18.8 Å². The molecule has 0 aromatic rings. The van der Waals surface area contributed by atoms with Crippen LogP contribution in [-0.2, 0) is 4.74 Å². The molecule has 74 valence electrons. The third-order valence-electron chi connectivity index (χ3n) is 2.50. The number of nitrogens with zero attached hydrogens (tertiary/aromatic N) is 2. The van der Waals surface area contributed by atoms with E-state index in [1.54, 1.807) is 12.1 Å². The monoisotopic (exact) mass is 190 g/mol. The number of hydrogen-bond donors (Lipinski definition) is 0. The van der Waals surface area contributed by atoms with E-state index in [1.807, 2.05) is 0 Å². The summed E-state index contributed by atoms with van der Waals surface area (Å²) in [5, 5.41) is 16.9. The Morgan fingerprint density at radius 1 is 1.21 bits per heavy atom. The van der Waals surface area contributed by atoms with Crippen molar-refractivity contribution in [3.63, 3.8) is 0 Å². The predicted molar refractivity (Wildman–Crippen MR) is 51.8 cm³/mol. The average Bonchev–Trinajstić information content (AvgIpc) is 2.26. The van der Waals surface area contributed by atoms with E-state index in [-0.39, 0.29) is 5.57 Å². The highest BCUT2D eigenvalue weighted by Gasteiger charge is 2.13. The zero-order valence-corrected chi connectivity index (χ0v) is 8.20. The highest BCUT2D eigenvalue weighted by atomic mass is 16.5. The fourth-order valence-electron chi connectivity index (χ4n) is 1.70. The molecule has 14 heavy (non-hydrogen) atoms. The maximum atomic E-state index is 8.44. The zero-order chi connectivity index (χ0) is 10.2. The van der Waals surface area contributed by atoms with Gasteiger partial charge in [0.15, 0.2) is 5.57 Å². The maximum Gasteiger partial charge on any atom is 0.163 e. The third-order valence-corrected chi connectivity index (χ3v) is 2.50. The molecule has 0 unspecified atom stereocenters. The first kappa shape index (κ1) is 10.6. The van der Waals surface area contributed by atoms with Crippen LogP contribution in [0.4, 0.5) is 0 Å². The lowest BCUT2D eigenvalue weighted by atomic mass is 9.90. The van der Waals surface area contributed by atoms with Gasteiger partial charge in [-0.3, -0.25) is 0 Å². The van der Waals surface area contributed by atoms with Gasteiger partial charge >= 0.3 is 0 Å². The molecule has 0 aromatic heterocycles. The van der Waals surface area contributed by atoms with Crippen molar-refractivity contribution in [1.29, 1.82) is 10.5 Å². The molecule has 1 rings (SSSR count). The van der Waals surface area contributed by atoms with Crippen molar-refractivity contribution < 1.29 is 4.74 Å². The Morgan fingerprint density at radius 3 is 2.43 bits per heavy atom. The van der Waals surface area contributed by atoms with Crippen LogP contribution in [0.15, 0.2) is 11.8 Å². The molecule has 0 spiro atoms. The highest BCUT2D eigenvalue weighted by Crippen LogP contribution is 2.23. The summed E-state index contributed by atoms with van der Waals surface area (Å²) in [5.41, 5.74) is 0.0424. The van der Waals surface area contributed by atoms with Crippen LogP contribution in [0.25, 0.3) is 0 Å². The van der Waals surface area contributed by atoms with Gasteiger partial charge in [-0.1, -0.05) is 19.3 Å². The normalized spacial score (nSPS) is 16.4. The lowest BCUT2D eigenvalue weighted by Gasteiger charge is -2.20. The van der Waals surface area contributed by atoms with Crippen molar-refractivity contribution in [1.82, 2.24) is 0 Å². The van der Waals surface area contributed by atoms with E-state index in [0.717, 1.165) is 0 Å².